The van der Waals surface area contributed by atoms with Crippen LogP contribution in [0.5, 0.6) is 0 Å². The normalized spacial score (nSPS) is 16.5. The molecular formula is C21H28N4O4. The Morgan fingerprint density at radius 3 is 2.41 bits per heavy atom. The van der Waals surface area contributed by atoms with Gasteiger partial charge in [0.15, 0.2) is 0 Å². The Hall–Kier alpha value is -2.90. The van der Waals surface area contributed by atoms with Crippen molar-refractivity contribution < 1.29 is 19.2 Å². The average molecular weight is 400 g/mol. The molecule has 1 saturated heterocycles. The highest BCUT2D eigenvalue weighted by molar-refractivity contribution is 6.10. The van der Waals surface area contributed by atoms with Gasteiger partial charge in [0.1, 0.15) is 6.54 Å². The molecule has 0 aliphatic carbocycles. The van der Waals surface area contributed by atoms with Crippen LogP contribution in [0.1, 0.15) is 44.9 Å². The first-order chi connectivity index (χ1) is 14.0. The van der Waals surface area contributed by atoms with E-state index in [9.17, 15) is 19.2 Å². The lowest BCUT2D eigenvalue weighted by molar-refractivity contribution is -0.131. The number of amides is 4. The molecule has 0 bridgehead atoms. The highest BCUT2D eigenvalue weighted by Gasteiger charge is 2.26. The van der Waals surface area contributed by atoms with Crippen molar-refractivity contribution in [3.63, 3.8) is 0 Å². The predicted molar refractivity (Wildman–Crippen MR) is 109 cm³/mol. The molecule has 3 rings (SSSR count). The molecule has 156 valence electrons. The topological polar surface area (TPSA) is 98.8 Å². The van der Waals surface area contributed by atoms with Gasteiger partial charge in [0.25, 0.3) is 0 Å². The zero-order valence-electron chi connectivity index (χ0n) is 16.6. The standard InChI is InChI=1S/C21H28N4O4/c26-18(22-12-11-20(28)24-13-5-1-2-6-14-24)9-10-21(29)25-15-19(27)23-16-7-3-4-8-17(16)25/h3-4,7-8H,1-2,5-6,9-15H2,(H,22,26)(H,23,27). The summed E-state index contributed by atoms with van der Waals surface area (Å²) in [7, 11) is 0. The van der Waals surface area contributed by atoms with Crippen molar-refractivity contribution >= 4 is 35.0 Å². The third kappa shape index (κ3) is 5.79. The minimum Gasteiger partial charge on any atom is -0.356 e. The summed E-state index contributed by atoms with van der Waals surface area (Å²) < 4.78 is 0. The van der Waals surface area contributed by atoms with E-state index >= 15 is 0 Å². The Balaban J connectivity index is 1.41. The molecule has 1 aromatic carbocycles. The molecule has 1 aromatic rings. The molecule has 0 unspecified atom stereocenters. The van der Waals surface area contributed by atoms with Gasteiger partial charge < -0.3 is 20.4 Å². The van der Waals surface area contributed by atoms with Crippen molar-refractivity contribution in [1.29, 1.82) is 0 Å². The Morgan fingerprint density at radius 2 is 1.66 bits per heavy atom. The Morgan fingerprint density at radius 1 is 0.931 bits per heavy atom. The third-order valence-corrected chi connectivity index (χ3v) is 5.26. The van der Waals surface area contributed by atoms with Crippen LogP contribution in [0, 0.1) is 0 Å². The molecule has 29 heavy (non-hydrogen) atoms. The van der Waals surface area contributed by atoms with Crippen LogP contribution in [0.3, 0.4) is 0 Å². The number of anilines is 2. The van der Waals surface area contributed by atoms with Gasteiger partial charge in [0.05, 0.1) is 11.4 Å². The number of hydrogen-bond acceptors (Lipinski definition) is 4. The highest BCUT2D eigenvalue weighted by atomic mass is 16.2. The van der Waals surface area contributed by atoms with E-state index in [-0.39, 0.29) is 56.0 Å². The number of fused-ring (bicyclic) bond motifs is 1. The van der Waals surface area contributed by atoms with E-state index in [0.29, 0.717) is 11.4 Å². The molecule has 0 aromatic heterocycles. The fourth-order valence-electron chi connectivity index (χ4n) is 3.69. The van der Waals surface area contributed by atoms with Crippen molar-refractivity contribution in [2.45, 2.75) is 44.9 Å². The smallest absolute Gasteiger partial charge is 0.244 e. The van der Waals surface area contributed by atoms with E-state index in [4.69, 9.17) is 0 Å². The van der Waals surface area contributed by atoms with Crippen molar-refractivity contribution in [3.8, 4) is 0 Å². The lowest BCUT2D eigenvalue weighted by atomic mass is 10.1. The zero-order valence-corrected chi connectivity index (χ0v) is 16.6. The van der Waals surface area contributed by atoms with Gasteiger partial charge in [0, 0.05) is 38.9 Å². The fraction of sp³-hybridized carbons (Fsp3) is 0.524. The number of rotatable bonds is 6. The van der Waals surface area contributed by atoms with E-state index < -0.39 is 0 Å². The second kappa shape index (κ2) is 10.0. The number of benzene rings is 1. The van der Waals surface area contributed by atoms with Gasteiger partial charge in [-0.25, -0.2) is 0 Å². The fourth-order valence-corrected chi connectivity index (χ4v) is 3.69. The quantitative estimate of drug-likeness (QED) is 0.759. The molecule has 1 fully saturated rings. The lowest BCUT2D eigenvalue weighted by Gasteiger charge is -2.29. The summed E-state index contributed by atoms with van der Waals surface area (Å²) in [5, 5.41) is 5.45. The maximum Gasteiger partial charge on any atom is 0.244 e. The van der Waals surface area contributed by atoms with Crippen molar-refractivity contribution in [2.24, 2.45) is 0 Å². The van der Waals surface area contributed by atoms with Crippen molar-refractivity contribution in [2.75, 3.05) is 36.4 Å². The van der Waals surface area contributed by atoms with Crippen LogP contribution in [-0.4, -0.2) is 54.7 Å². The molecule has 2 aliphatic rings. The largest absolute Gasteiger partial charge is 0.356 e. The van der Waals surface area contributed by atoms with E-state index in [2.05, 4.69) is 10.6 Å². The molecule has 0 saturated carbocycles. The van der Waals surface area contributed by atoms with Crippen molar-refractivity contribution in [3.05, 3.63) is 24.3 Å². The summed E-state index contributed by atoms with van der Waals surface area (Å²) in [6.07, 6.45) is 4.72. The van der Waals surface area contributed by atoms with E-state index in [0.717, 1.165) is 38.8 Å². The van der Waals surface area contributed by atoms with Crippen LogP contribution >= 0.6 is 0 Å². The lowest BCUT2D eigenvalue weighted by Crippen LogP contribution is -2.42. The van der Waals surface area contributed by atoms with Crippen LogP contribution in [0.15, 0.2) is 24.3 Å². The molecule has 0 radical (unpaired) electrons. The maximum absolute atomic E-state index is 12.5. The summed E-state index contributed by atoms with van der Waals surface area (Å²) in [4.78, 5) is 51.9. The van der Waals surface area contributed by atoms with Gasteiger partial charge in [-0.15, -0.1) is 0 Å². The van der Waals surface area contributed by atoms with Crippen LogP contribution in [0.2, 0.25) is 0 Å². The molecule has 4 amide bonds. The van der Waals surface area contributed by atoms with Gasteiger partial charge in [-0.1, -0.05) is 25.0 Å². The van der Waals surface area contributed by atoms with Gasteiger partial charge in [-0.2, -0.15) is 0 Å². The number of para-hydroxylation sites is 2. The molecule has 0 spiro atoms. The summed E-state index contributed by atoms with van der Waals surface area (Å²) in [6.45, 7) is 1.82. The third-order valence-electron chi connectivity index (χ3n) is 5.26. The summed E-state index contributed by atoms with van der Waals surface area (Å²) >= 11 is 0. The van der Waals surface area contributed by atoms with Crippen LogP contribution in [0.4, 0.5) is 11.4 Å². The number of hydrogen-bond donors (Lipinski definition) is 2. The van der Waals surface area contributed by atoms with Crippen LogP contribution < -0.4 is 15.5 Å². The summed E-state index contributed by atoms with van der Waals surface area (Å²) in [5.41, 5.74) is 1.23. The minimum atomic E-state index is -0.275. The van der Waals surface area contributed by atoms with Gasteiger partial charge >= 0.3 is 0 Å². The number of carbonyl (C=O) groups is 4. The van der Waals surface area contributed by atoms with E-state index in [1.165, 1.54) is 4.90 Å². The molecule has 2 N–H and O–H groups in total. The minimum absolute atomic E-state index is 0.00746. The molecule has 8 heteroatoms. The molecule has 2 heterocycles. The molecule has 8 nitrogen and oxygen atoms in total. The monoisotopic (exact) mass is 400 g/mol. The molecular weight excluding hydrogens is 372 g/mol. The number of carbonyl (C=O) groups excluding carboxylic acids is 4. The first-order valence-corrected chi connectivity index (χ1v) is 10.3. The van der Waals surface area contributed by atoms with Gasteiger partial charge in [-0.05, 0) is 25.0 Å². The SMILES string of the molecule is O=C(CCC(=O)N1CC(=O)Nc2ccccc21)NCCC(=O)N1CCCCCC1. The first kappa shape index (κ1) is 20.8. The summed E-state index contributed by atoms with van der Waals surface area (Å²) in [6, 6.07) is 7.08. The highest BCUT2D eigenvalue weighted by Crippen LogP contribution is 2.29. The predicted octanol–water partition coefficient (Wildman–Crippen LogP) is 1.66. The Kier molecular flexibility index (Phi) is 7.21. The first-order valence-electron chi connectivity index (χ1n) is 10.3. The number of likely N-dealkylation sites (tertiary alicyclic amines) is 1. The van der Waals surface area contributed by atoms with Crippen molar-refractivity contribution in [1.82, 2.24) is 10.2 Å². The van der Waals surface area contributed by atoms with Crippen LogP contribution in [0.25, 0.3) is 0 Å². The van der Waals surface area contributed by atoms with Crippen LogP contribution in [-0.2, 0) is 19.2 Å². The zero-order chi connectivity index (χ0) is 20.6. The second-order valence-electron chi connectivity index (χ2n) is 7.44. The Bertz CT molecular complexity index is 772. The molecule has 0 atom stereocenters. The Labute approximate surface area is 170 Å². The van der Waals surface area contributed by atoms with E-state index in [1.54, 1.807) is 24.3 Å². The van der Waals surface area contributed by atoms with E-state index in [1.807, 2.05) is 4.90 Å². The summed E-state index contributed by atoms with van der Waals surface area (Å²) in [5.74, 6) is -0.729. The number of nitrogens with one attached hydrogen (secondary N) is 2. The number of nitrogens with zero attached hydrogens (tertiary/aromatic N) is 2. The van der Waals surface area contributed by atoms with Gasteiger partial charge in [-0.3, -0.25) is 19.2 Å². The average Bonchev–Trinajstić information content (AvgIpc) is 3.01. The second-order valence-corrected chi connectivity index (χ2v) is 7.44. The maximum atomic E-state index is 12.5. The molecule has 2 aliphatic heterocycles. The van der Waals surface area contributed by atoms with Gasteiger partial charge in [0.2, 0.25) is 23.6 Å².